The number of rotatable bonds is 7. The van der Waals surface area contributed by atoms with Gasteiger partial charge in [0.15, 0.2) is 0 Å². The van der Waals surface area contributed by atoms with E-state index in [1.807, 2.05) is 54.6 Å². The molecular weight excluding hydrogens is 316 g/mol. The molecule has 5 nitrogen and oxygen atoms in total. The van der Waals surface area contributed by atoms with Gasteiger partial charge in [0, 0.05) is 26.2 Å². The lowest BCUT2D eigenvalue weighted by Crippen LogP contribution is -2.29. The van der Waals surface area contributed by atoms with E-state index in [2.05, 4.69) is 5.32 Å². The van der Waals surface area contributed by atoms with Crippen molar-refractivity contribution >= 4 is 17.5 Å². The molecule has 2 amide bonds. The lowest BCUT2D eigenvalue weighted by molar-refractivity contribution is -0.128. The van der Waals surface area contributed by atoms with Crippen LogP contribution in [-0.2, 0) is 27.5 Å². The maximum absolute atomic E-state index is 12.4. The number of para-hydroxylation sites is 1. The lowest BCUT2D eigenvalue weighted by atomic mass is 10.1. The summed E-state index contributed by atoms with van der Waals surface area (Å²) in [7, 11) is 1.73. The summed E-state index contributed by atoms with van der Waals surface area (Å²) in [6, 6.07) is 17.2. The van der Waals surface area contributed by atoms with Crippen molar-refractivity contribution in [3.63, 3.8) is 0 Å². The monoisotopic (exact) mass is 340 g/mol. The fraction of sp³-hybridized carbons (Fsp3) is 0.300. The van der Waals surface area contributed by atoms with E-state index in [1.54, 1.807) is 18.9 Å². The van der Waals surface area contributed by atoms with Crippen LogP contribution >= 0.6 is 0 Å². The SMILES string of the molecule is CC(=O)N(C)Cc1ccccc1NC(=O)[C@H](C)OCc1ccccc1. The molecule has 0 aliphatic heterocycles. The second-order valence-corrected chi connectivity index (χ2v) is 5.96. The van der Waals surface area contributed by atoms with Crippen LogP contribution in [0.25, 0.3) is 0 Å². The van der Waals surface area contributed by atoms with Crippen molar-refractivity contribution in [3.05, 3.63) is 65.7 Å². The van der Waals surface area contributed by atoms with Gasteiger partial charge in [0.1, 0.15) is 6.10 Å². The number of amides is 2. The maximum atomic E-state index is 12.4. The molecule has 0 bridgehead atoms. The van der Waals surface area contributed by atoms with Gasteiger partial charge in [-0.2, -0.15) is 0 Å². The molecule has 1 atom stereocenters. The van der Waals surface area contributed by atoms with E-state index in [4.69, 9.17) is 4.74 Å². The number of hydrogen-bond acceptors (Lipinski definition) is 3. The molecule has 1 N–H and O–H groups in total. The van der Waals surface area contributed by atoms with Crippen LogP contribution < -0.4 is 5.32 Å². The van der Waals surface area contributed by atoms with E-state index in [1.165, 1.54) is 6.92 Å². The Morgan fingerprint density at radius 1 is 1.08 bits per heavy atom. The Kier molecular flexibility index (Phi) is 6.71. The first-order valence-corrected chi connectivity index (χ1v) is 8.23. The maximum Gasteiger partial charge on any atom is 0.253 e. The van der Waals surface area contributed by atoms with Crippen LogP contribution in [0.5, 0.6) is 0 Å². The van der Waals surface area contributed by atoms with E-state index in [0.717, 1.165) is 11.1 Å². The van der Waals surface area contributed by atoms with Crippen molar-refractivity contribution in [2.75, 3.05) is 12.4 Å². The van der Waals surface area contributed by atoms with E-state index in [9.17, 15) is 9.59 Å². The first-order chi connectivity index (χ1) is 12.0. The Hall–Kier alpha value is -2.66. The van der Waals surface area contributed by atoms with Gasteiger partial charge in [-0.15, -0.1) is 0 Å². The van der Waals surface area contributed by atoms with Crippen LogP contribution in [-0.4, -0.2) is 29.9 Å². The van der Waals surface area contributed by atoms with Crippen molar-refractivity contribution in [2.45, 2.75) is 33.1 Å². The van der Waals surface area contributed by atoms with Gasteiger partial charge in [-0.05, 0) is 24.1 Å². The number of nitrogens with zero attached hydrogens (tertiary/aromatic N) is 1. The Morgan fingerprint density at radius 3 is 2.40 bits per heavy atom. The normalized spacial score (nSPS) is 11.6. The Balaban J connectivity index is 1.96. The highest BCUT2D eigenvalue weighted by molar-refractivity contribution is 5.94. The summed E-state index contributed by atoms with van der Waals surface area (Å²) < 4.78 is 5.64. The number of carbonyl (C=O) groups excluding carboxylic acids is 2. The number of nitrogens with one attached hydrogen (secondary N) is 1. The molecule has 0 aromatic heterocycles. The zero-order chi connectivity index (χ0) is 18.2. The molecule has 25 heavy (non-hydrogen) atoms. The number of hydrogen-bond donors (Lipinski definition) is 1. The minimum Gasteiger partial charge on any atom is -0.364 e. The third-order valence-corrected chi connectivity index (χ3v) is 3.93. The number of anilines is 1. The molecule has 2 aromatic rings. The minimum atomic E-state index is -0.584. The molecule has 0 saturated carbocycles. The highest BCUT2D eigenvalue weighted by atomic mass is 16.5. The van der Waals surface area contributed by atoms with Crippen molar-refractivity contribution in [1.82, 2.24) is 4.90 Å². The molecule has 132 valence electrons. The van der Waals surface area contributed by atoms with Crippen LogP contribution in [0.2, 0.25) is 0 Å². The van der Waals surface area contributed by atoms with Gasteiger partial charge in [-0.1, -0.05) is 48.5 Å². The Morgan fingerprint density at radius 2 is 1.72 bits per heavy atom. The minimum absolute atomic E-state index is 0.0271. The largest absolute Gasteiger partial charge is 0.364 e. The third kappa shape index (κ3) is 5.72. The Bertz CT molecular complexity index is 716. The summed E-state index contributed by atoms with van der Waals surface area (Å²) in [5, 5.41) is 2.89. The fourth-order valence-corrected chi connectivity index (χ4v) is 2.25. The summed E-state index contributed by atoms with van der Waals surface area (Å²) in [5.74, 6) is -0.241. The first kappa shape index (κ1) is 18.7. The zero-order valence-electron chi connectivity index (χ0n) is 14.9. The van der Waals surface area contributed by atoms with Gasteiger partial charge in [0.2, 0.25) is 5.91 Å². The van der Waals surface area contributed by atoms with Crippen LogP contribution in [0.3, 0.4) is 0 Å². The fourth-order valence-electron chi connectivity index (χ4n) is 2.25. The van der Waals surface area contributed by atoms with Gasteiger partial charge in [-0.25, -0.2) is 0 Å². The molecule has 0 radical (unpaired) electrons. The average Bonchev–Trinajstić information content (AvgIpc) is 2.62. The summed E-state index contributed by atoms with van der Waals surface area (Å²) >= 11 is 0. The smallest absolute Gasteiger partial charge is 0.253 e. The second kappa shape index (κ2) is 8.99. The molecule has 0 saturated heterocycles. The molecule has 2 rings (SSSR count). The predicted molar refractivity (Wildman–Crippen MR) is 97.9 cm³/mol. The van der Waals surface area contributed by atoms with E-state index in [0.29, 0.717) is 18.8 Å². The van der Waals surface area contributed by atoms with Gasteiger partial charge < -0.3 is 15.0 Å². The predicted octanol–water partition coefficient (Wildman–Crippen LogP) is 3.21. The lowest BCUT2D eigenvalue weighted by Gasteiger charge is -2.19. The van der Waals surface area contributed by atoms with E-state index >= 15 is 0 Å². The molecule has 0 heterocycles. The van der Waals surface area contributed by atoms with Gasteiger partial charge >= 0.3 is 0 Å². The van der Waals surface area contributed by atoms with Crippen molar-refractivity contribution < 1.29 is 14.3 Å². The summed E-state index contributed by atoms with van der Waals surface area (Å²) in [5.41, 5.74) is 2.59. The molecule has 0 unspecified atom stereocenters. The molecule has 0 spiro atoms. The van der Waals surface area contributed by atoms with Gasteiger partial charge in [-0.3, -0.25) is 9.59 Å². The topological polar surface area (TPSA) is 58.6 Å². The van der Waals surface area contributed by atoms with Crippen molar-refractivity contribution in [2.24, 2.45) is 0 Å². The van der Waals surface area contributed by atoms with Crippen molar-refractivity contribution in [1.29, 1.82) is 0 Å². The quantitative estimate of drug-likeness (QED) is 0.842. The number of benzene rings is 2. The van der Waals surface area contributed by atoms with Crippen LogP contribution in [0.1, 0.15) is 25.0 Å². The summed E-state index contributed by atoms with van der Waals surface area (Å²) in [4.78, 5) is 25.4. The van der Waals surface area contributed by atoms with Crippen LogP contribution in [0.15, 0.2) is 54.6 Å². The van der Waals surface area contributed by atoms with E-state index < -0.39 is 6.10 Å². The van der Waals surface area contributed by atoms with Gasteiger partial charge in [0.05, 0.1) is 6.61 Å². The molecule has 0 aliphatic carbocycles. The highest BCUT2D eigenvalue weighted by Crippen LogP contribution is 2.17. The van der Waals surface area contributed by atoms with Gasteiger partial charge in [0.25, 0.3) is 5.91 Å². The summed E-state index contributed by atoms with van der Waals surface area (Å²) in [6.45, 7) is 4.05. The molecule has 2 aromatic carbocycles. The molecular formula is C20H24N2O3. The number of carbonyl (C=O) groups is 2. The second-order valence-electron chi connectivity index (χ2n) is 5.96. The average molecular weight is 340 g/mol. The number of ether oxygens (including phenoxy) is 1. The zero-order valence-corrected chi connectivity index (χ0v) is 14.9. The Labute approximate surface area is 148 Å². The highest BCUT2D eigenvalue weighted by Gasteiger charge is 2.16. The van der Waals surface area contributed by atoms with Crippen LogP contribution in [0, 0.1) is 0 Å². The van der Waals surface area contributed by atoms with E-state index in [-0.39, 0.29) is 11.8 Å². The van der Waals surface area contributed by atoms with Crippen LogP contribution in [0.4, 0.5) is 5.69 Å². The first-order valence-electron chi connectivity index (χ1n) is 8.23. The van der Waals surface area contributed by atoms with Crippen molar-refractivity contribution in [3.8, 4) is 0 Å². The summed E-state index contributed by atoms with van der Waals surface area (Å²) in [6.07, 6.45) is -0.584. The molecule has 0 aliphatic rings. The standard InChI is InChI=1S/C20H24N2O3/c1-15(25-14-17-9-5-4-6-10-17)20(24)21-19-12-8-7-11-18(19)13-22(3)16(2)23/h4-12,15H,13-14H2,1-3H3,(H,21,24)/t15-/m0/s1. The molecule has 5 heteroatoms. The third-order valence-electron chi connectivity index (χ3n) is 3.93. The molecule has 0 fully saturated rings.